The highest BCUT2D eigenvalue weighted by molar-refractivity contribution is 6.30. The van der Waals surface area contributed by atoms with Gasteiger partial charge >= 0.3 is 0 Å². The number of halogens is 3. The first-order valence-electron chi connectivity index (χ1n) is 7.71. The molecule has 1 aromatic carbocycles. The lowest BCUT2D eigenvalue weighted by molar-refractivity contribution is 0.405. The average Bonchev–Trinajstić information content (AvgIpc) is 3.09. The van der Waals surface area contributed by atoms with Crippen molar-refractivity contribution >= 4 is 36.4 Å². The summed E-state index contributed by atoms with van der Waals surface area (Å²) >= 11 is 5.90. The average molecular weight is 377 g/mol. The molecule has 0 radical (unpaired) electrons. The van der Waals surface area contributed by atoms with Crippen LogP contribution in [0.2, 0.25) is 5.02 Å². The molecule has 0 amide bonds. The van der Waals surface area contributed by atoms with Crippen molar-refractivity contribution < 1.29 is 0 Å². The van der Waals surface area contributed by atoms with Crippen LogP contribution < -0.4 is 5.32 Å². The minimum absolute atomic E-state index is 0. The fraction of sp³-hybridized carbons (Fsp3) is 0.471. The van der Waals surface area contributed by atoms with Gasteiger partial charge in [-0.2, -0.15) is 0 Å². The van der Waals surface area contributed by atoms with Crippen molar-refractivity contribution in [1.29, 1.82) is 0 Å². The van der Waals surface area contributed by atoms with Crippen molar-refractivity contribution in [2.45, 2.75) is 32.2 Å². The summed E-state index contributed by atoms with van der Waals surface area (Å²) < 4.78 is 0. The molecule has 1 fully saturated rings. The second-order valence-electron chi connectivity index (χ2n) is 5.94. The topological polar surface area (TPSA) is 40.7 Å². The molecule has 0 unspecified atom stereocenters. The predicted molar refractivity (Wildman–Crippen MR) is 101 cm³/mol. The van der Waals surface area contributed by atoms with Crippen molar-refractivity contribution in [3.8, 4) is 0 Å². The molecule has 3 nitrogen and oxygen atoms in total. The standard InChI is InChI=1S/C17H22ClN3.2ClH/c1-2-13(15-7-16(15)17-10-20-11-21-17)9-19-8-12-3-5-14(18)6-4-12;;/h3-6,10-11,13,15-16,19H,2,7-9H2,1H3,(H,20,21);2*1H/t13-,15-,16+;;/m1../s1. The van der Waals surface area contributed by atoms with Crippen LogP contribution in [0.1, 0.15) is 36.9 Å². The minimum atomic E-state index is 0. The zero-order chi connectivity index (χ0) is 14.7. The van der Waals surface area contributed by atoms with Gasteiger partial charge in [-0.25, -0.2) is 4.98 Å². The number of benzene rings is 1. The second-order valence-corrected chi connectivity index (χ2v) is 6.38. The normalized spacial score (nSPS) is 20.3. The number of hydrogen-bond acceptors (Lipinski definition) is 2. The third-order valence-corrected chi connectivity index (χ3v) is 4.79. The number of nitrogens with one attached hydrogen (secondary N) is 2. The first-order chi connectivity index (χ1) is 10.3. The lowest BCUT2D eigenvalue weighted by Gasteiger charge is -2.15. The van der Waals surface area contributed by atoms with Gasteiger partial charge in [0.2, 0.25) is 0 Å². The van der Waals surface area contributed by atoms with Crippen molar-refractivity contribution in [2.24, 2.45) is 11.8 Å². The summed E-state index contributed by atoms with van der Waals surface area (Å²) in [4.78, 5) is 7.38. The number of aromatic amines is 1. The van der Waals surface area contributed by atoms with E-state index in [1.165, 1.54) is 24.1 Å². The summed E-state index contributed by atoms with van der Waals surface area (Å²) in [5.41, 5.74) is 2.59. The van der Waals surface area contributed by atoms with Crippen LogP contribution in [0.3, 0.4) is 0 Å². The molecule has 3 rings (SSSR count). The van der Waals surface area contributed by atoms with Crippen LogP contribution in [0.4, 0.5) is 0 Å². The van der Waals surface area contributed by atoms with Gasteiger partial charge in [0.05, 0.1) is 6.33 Å². The molecule has 2 N–H and O–H groups in total. The van der Waals surface area contributed by atoms with E-state index in [0.717, 1.165) is 29.9 Å². The molecule has 128 valence electrons. The summed E-state index contributed by atoms with van der Waals surface area (Å²) in [7, 11) is 0. The lowest BCUT2D eigenvalue weighted by atomic mass is 9.98. The van der Waals surface area contributed by atoms with Gasteiger partial charge in [-0.3, -0.25) is 0 Å². The van der Waals surface area contributed by atoms with Crippen molar-refractivity contribution in [2.75, 3.05) is 6.54 Å². The third kappa shape index (κ3) is 5.39. The van der Waals surface area contributed by atoms with E-state index in [9.17, 15) is 0 Å². The summed E-state index contributed by atoms with van der Waals surface area (Å²) in [5, 5.41) is 4.39. The van der Waals surface area contributed by atoms with Crippen LogP contribution in [0, 0.1) is 11.8 Å². The molecular weight excluding hydrogens is 353 g/mol. The molecule has 0 spiro atoms. The Balaban J connectivity index is 0.00000132. The lowest BCUT2D eigenvalue weighted by Crippen LogP contribution is -2.23. The van der Waals surface area contributed by atoms with Gasteiger partial charge < -0.3 is 10.3 Å². The van der Waals surface area contributed by atoms with Gasteiger partial charge in [0.1, 0.15) is 0 Å². The summed E-state index contributed by atoms with van der Waals surface area (Å²) in [6.45, 7) is 4.28. The quantitative estimate of drug-likeness (QED) is 0.727. The molecule has 0 bridgehead atoms. The number of hydrogen-bond donors (Lipinski definition) is 2. The van der Waals surface area contributed by atoms with Crippen LogP contribution in [-0.4, -0.2) is 16.5 Å². The largest absolute Gasteiger partial charge is 0.348 e. The van der Waals surface area contributed by atoms with E-state index in [-0.39, 0.29) is 24.8 Å². The first-order valence-corrected chi connectivity index (χ1v) is 8.09. The predicted octanol–water partition coefficient (Wildman–Crippen LogP) is 4.83. The van der Waals surface area contributed by atoms with Crippen molar-refractivity contribution in [1.82, 2.24) is 15.3 Å². The molecule has 1 aliphatic rings. The van der Waals surface area contributed by atoms with E-state index in [1.807, 2.05) is 18.3 Å². The Hall–Kier alpha value is -0.740. The number of nitrogens with zero attached hydrogens (tertiary/aromatic N) is 1. The monoisotopic (exact) mass is 375 g/mol. The Labute approximate surface area is 155 Å². The highest BCUT2D eigenvalue weighted by Gasteiger charge is 2.43. The number of aromatic nitrogens is 2. The van der Waals surface area contributed by atoms with E-state index in [4.69, 9.17) is 11.6 Å². The Bertz CT molecular complexity index is 557. The van der Waals surface area contributed by atoms with Gasteiger partial charge in [0.15, 0.2) is 0 Å². The van der Waals surface area contributed by atoms with Gasteiger partial charge in [-0.1, -0.05) is 37.1 Å². The van der Waals surface area contributed by atoms with E-state index < -0.39 is 0 Å². The van der Waals surface area contributed by atoms with Gasteiger partial charge in [-0.15, -0.1) is 24.8 Å². The Morgan fingerprint density at radius 1 is 1.30 bits per heavy atom. The molecular formula is C17H24Cl3N3. The molecule has 0 aliphatic heterocycles. The molecule has 1 heterocycles. The fourth-order valence-corrected chi connectivity index (χ4v) is 3.29. The smallest absolute Gasteiger partial charge is 0.0921 e. The van der Waals surface area contributed by atoms with Crippen molar-refractivity contribution in [3.05, 3.63) is 53.1 Å². The van der Waals surface area contributed by atoms with E-state index in [1.54, 1.807) is 6.33 Å². The zero-order valence-corrected chi connectivity index (χ0v) is 15.6. The van der Waals surface area contributed by atoms with Crippen LogP contribution in [0.15, 0.2) is 36.8 Å². The maximum Gasteiger partial charge on any atom is 0.0921 e. The zero-order valence-electron chi connectivity index (χ0n) is 13.2. The highest BCUT2D eigenvalue weighted by atomic mass is 35.5. The van der Waals surface area contributed by atoms with E-state index in [0.29, 0.717) is 5.92 Å². The molecule has 0 saturated heterocycles. The van der Waals surface area contributed by atoms with Crippen LogP contribution >= 0.6 is 36.4 Å². The Morgan fingerprint density at radius 3 is 2.65 bits per heavy atom. The van der Waals surface area contributed by atoms with E-state index >= 15 is 0 Å². The second kappa shape index (κ2) is 9.53. The first kappa shape index (κ1) is 20.3. The maximum atomic E-state index is 5.90. The molecule has 1 saturated carbocycles. The molecule has 23 heavy (non-hydrogen) atoms. The summed E-state index contributed by atoms with van der Waals surface area (Å²) in [6.07, 6.45) is 6.27. The molecule has 3 atom stereocenters. The van der Waals surface area contributed by atoms with E-state index in [2.05, 4.69) is 34.3 Å². The SMILES string of the molecule is CC[C@H](CNCc1ccc(Cl)cc1)[C@H]1C[C@@H]1c1cnc[nH]1.Cl.Cl. The van der Waals surface area contributed by atoms with Crippen LogP contribution in [0.25, 0.3) is 0 Å². The number of H-pyrrole nitrogens is 1. The highest BCUT2D eigenvalue weighted by Crippen LogP contribution is 2.51. The van der Waals surface area contributed by atoms with Crippen LogP contribution in [-0.2, 0) is 6.54 Å². The minimum Gasteiger partial charge on any atom is -0.348 e. The van der Waals surface area contributed by atoms with Gasteiger partial charge in [0.25, 0.3) is 0 Å². The number of rotatable bonds is 7. The summed E-state index contributed by atoms with van der Waals surface area (Å²) in [6, 6.07) is 8.07. The molecule has 1 aliphatic carbocycles. The van der Waals surface area contributed by atoms with Gasteiger partial charge in [0, 0.05) is 29.4 Å². The van der Waals surface area contributed by atoms with Crippen LogP contribution in [0.5, 0.6) is 0 Å². The Morgan fingerprint density at radius 2 is 2.04 bits per heavy atom. The van der Waals surface area contributed by atoms with Gasteiger partial charge in [-0.05, 0) is 42.5 Å². The van der Waals surface area contributed by atoms with Crippen molar-refractivity contribution in [3.63, 3.8) is 0 Å². The Kier molecular flexibility index (Phi) is 8.41. The summed E-state index contributed by atoms with van der Waals surface area (Å²) in [5.74, 6) is 2.23. The molecule has 2 aromatic rings. The third-order valence-electron chi connectivity index (χ3n) is 4.54. The number of imidazole rings is 1. The molecule has 1 aromatic heterocycles. The fourth-order valence-electron chi connectivity index (χ4n) is 3.17. The maximum absolute atomic E-state index is 5.90. The molecule has 6 heteroatoms.